The SMILES string of the molecule is CCC(Nc1c(Nc2cccc(S(=O)(=O)N(CC)OC)c2O)c(=O)c1=O)C1CCC(C)O1. The number of ether oxygens (including phenoxy) is 1. The maximum atomic E-state index is 12.7. The van der Waals surface area contributed by atoms with Gasteiger partial charge >= 0.3 is 0 Å². The van der Waals surface area contributed by atoms with E-state index in [1.807, 2.05) is 13.8 Å². The van der Waals surface area contributed by atoms with Gasteiger partial charge in [-0.1, -0.05) is 17.5 Å². The minimum absolute atomic E-state index is 0.0211. The number of phenols is 1. The molecule has 0 saturated carbocycles. The molecule has 3 unspecified atom stereocenters. The topological polar surface area (TPSA) is 134 Å². The fourth-order valence-corrected chi connectivity index (χ4v) is 5.25. The molecule has 11 heteroatoms. The molecule has 0 radical (unpaired) electrons. The number of nitrogens with zero attached hydrogens (tertiary/aromatic N) is 1. The van der Waals surface area contributed by atoms with Crippen LogP contribution in [0, 0.1) is 0 Å². The minimum Gasteiger partial charge on any atom is -0.504 e. The third-order valence-corrected chi connectivity index (χ3v) is 7.49. The van der Waals surface area contributed by atoms with Gasteiger partial charge in [0.05, 0.1) is 31.0 Å². The van der Waals surface area contributed by atoms with Crippen LogP contribution in [-0.4, -0.2) is 49.9 Å². The first kappa shape index (κ1) is 24.2. The van der Waals surface area contributed by atoms with E-state index in [1.54, 1.807) is 6.92 Å². The number of benzene rings is 1. The summed E-state index contributed by atoms with van der Waals surface area (Å²) in [6.07, 6.45) is 2.50. The molecule has 32 heavy (non-hydrogen) atoms. The van der Waals surface area contributed by atoms with E-state index in [-0.39, 0.29) is 46.8 Å². The van der Waals surface area contributed by atoms with E-state index < -0.39 is 26.6 Å². The Morgan fingerprint density at radius 1 is 1.22 bits per heavy atom. The van der Waals surface area contributed by atoms with Gasteiger partial charge in [-0.25, -0.2) is 8.42 Å². The van der Waals surface area contributed by atoms with E-state index in [0.29, 0.717) is 6.42 Å². The Morgan fingerprint density at radius 2 is 1.91 bits per heavy atom. The second kappa shape index (κ2) is 9.57. The van der Waals surface area contributed by atoms with Gasteiger partial charge in [0, 0.05) is 6.54 Å². The molecule has 0 amide bonds. The molecular weight excluding hydrogens is 438 g/mol. The molecule has 1 saturated heterocycles. The van der Waals surface area contributed by atoms with Crippen molar-refractivity contribution >= 4 is 27.1 Å². The standard InChI is InChI=1S/C21H29N3O7S/c1-5-13(15-11-10-12(3)31-15)22-17-18(21(27)20(17)26)23-14-8-7-9-16(19(14)25)32(28,29)24(6-2)30-4/h7-9,12-13,15,22-23,25H,5-6,10-11H2,1-4H3. The molecule has 2 aromatic rings. The van der Waals surface area contributed by atoms with Crippen LogP contribution in [0.3, 0.4) is 0 Å². The highest BCUT2D eigenvalue weighted by molar-refractivity contribution is 7.89. The number of hydrogen-bond donors (Lipinski definition) is 3. The van der Waals surface area contributed by atoms with E-state index in [1.165, 1.54) is 25.3 Å². The van der Waals surface area contributed by atoms with Gasteiger partial charge < -0.3 is 20.5 Å². The predicted octanol–water partition coefficient (Wildman–Crippen LogP) is 2.06. The number of hydrogen-bond acceptors (Lipinski definition) is 9. The molecule has 0 aliphatic carbocycles. The summed E-state index contributed by atoms with van der Waals surface area (Å²) < 4.78 is 32.1. The van der Waals surface area contributed by atoms with Gasteiger partial charge in [0.25, 0.3) is 20.9 Å². The van der Waals surface area contributed by atoms with Crippen molar-refractivity contribution in [2.45, 2.75) is 63.2 Å². The van der Waals surface area contributed by atoms with E-state index in [0.717, 1.165) is 17.3 Å². The Kier molecular flexibility index (Phi) is 7.23. The van der Waals surface area contributed by atoms with Crippen LogP contribution < -0.4 is 21.5 Å². The van der Waals surface area contributed by atoms with E-state index >= 15 is 0 Å². The third-order valence-electron chi connectivity index (χ3n) is 5.66. The summed E-state index contributed by atoms with van der Waals surface area (Å²) in [4.78, 5) is 29.0. The second-order valence-corrected chi connectivity index (χ2v) is 9.51. The lowest BCUT2D eigenvalue weighted by atomic mass is 10.0. The first-order chi connectivity index (χ1) is 15.1. The quantitative estimate of drug-likeness (QED) is 0.273. The Morgan fingerprint density at radius 3 is 2.47 bits per heavy atom. The molecule has 0 aromatic heterocycles. The fraction of sp³-hybridized carbons (Fsp3) is 0.524. The maximum absolute atomic E-state index is 12.7. The Bertz CT molecular complexity index is 1140. The van der Waals surface area contributed by atoms with Crippen molar-refractivity contribution in [3.8, 4) is 5.75 Å². The van der Waals surface area contributed by atoms with Crippen LogP contribution in [0.2, 0.25) is 0 Å². The van der Waals surface area contributed by atoms with Crippen LogP contribution in [0.4, 0.5) is 17.1 Å². The van der Waals surface area contributed by atoms with Crippen LogP contribution in [-0.2, 0) is 19.6 Å². The number of anilines is 3. The number of sulfonamides is 1. The Labute approximate surface area is 186 Å². The van der Waals surface area contributed by atoms with E-state index in [4.69, 9.17) is 9.57 Å². The highest BCUT2D eigenvalue weighted by Crippen LogP contribution is 2.36. The lowest BCUT2D eigenvalue weighted by Crippen LogP contribution is -2.42. The monoisotopic (exact) mass is 467 g/mol. The highest BCUT2D eigenvalue weighted by Gasteiger charge is 2.32. The average molecular weight is 468 g/mol. The first-order valence-electron chi connectivity index (χ1n) is 10.6. The number of hydroxylamine groups is 1. The van der Waals surface area contributed by atoms with Crippen LogP contribution >= 0.6 is 0 Å². The number of rotatable bonds is 10. The Balaban J connectivity index is 1.89. The van der Waals surface area contributed by atoms with Crippen molar-refractivity contribution in [1.29, 1.82) is 0 Å². The summed E-state index contributed by atoms with van der Waals surface area (Å²) in [6, 6.07) is 3.89. The van der Waals surface area contributed by atoms with Crippen LogP contribution in [0.25, 0.3) is 0 Å². The molecule has 1 fully saturated rings. The van der Waals surface area contributed by atoms with Crippen molar-refractivity contribution < 1.29 is 23.1 Å². The second-order valence-electron chi connectivity index (χ2n) is 7.71. The van der Waals surface area contributed by atoms with Gasteiger partial charge in [-0.3, -0.25) is 14.4 Å². The van der Waals surface area contributed by atoms with Crippen LogP contribution in [0.15, 0.2) is 32.7 Å². The summed E-state index contributed by atoms with van der Waals surface area (Å²) in [7, 11) is -2.93. The summed E-state index contributed by atoms with van der Waals surface area (Å²) in [5, 5.41) is 16.5. The summed E-state index contributed by atoms with van der Waals surface area (Å²) in [6.45, 7) is 5.56. The number of aromatic hydroxyl groups is 1. The first-order valence-corrected chi connectivity index (χ1v) is 12.0. The summed E-state index contributed by atoms with van der Waals surface area (Å²) >= 11 is 0. The van der Waals surface area contributed by atoms with Crippen LogP contribution in [0.1, 0.15) is 40.0 Å². The fourth-order valence-electron chi connectivity index (χ4n) is 3.89. The number of phenolic OH excluding ortho intramolecular Hbond substituents is 1. The van der Waals surface area contributed by atoms with Crippen molar-refractivity contribution in [2.75, 3.05) is 24.3 Å². The van der Waals surface area contributed by atoms with E-state index in [9.17, 15) is 23.1 Å². The van der Waals surface area contributed by atoms with Gasteiger partial charge in [0.2, 0.25) is 0 Å². The van der Waals surface area contributed by atoms with Gasteiger partial charge in [0.15, 0.2) is 5.75 Å². The van der Waals surface area contributed by atoms with Crippen molar-refractivity contribution in [3.05, 3.63) is 38.6 Å². The molecule has 3 rings (SSSR count). The molecular formula is C21H29N3O7S. The zero-order chi connectivity index (χ0) is 23.6. The van der Waals surface area contributed by atoms with Gasteiger partial charge in [-0.2, -0.15) is 0 Å². The van der Waals surface area contributed by atoms with Gasteiger partial charge in [0.1, 0.15) is 16.3 Å². The largest absolute Gasteiger partial charge is 0.504 e. The maximum Gasteiger partial charge on any atom is 0.268 e. The molecule has 3 N–H and O–H groups in total. The molecule has 0 bridgehead atoms. The molecule has 1 aliphatic rings. The van der Waals surface area contributed by atoms with Gasteiger partial charge in [-0.15, -0.1) is 0 Å². The van der Waals surface area contributed by atoms with Crippen molar-refractivity contribution in [1.82, 2.24) is 4.47 Å². The van der Waals surface area contributed by atoms with E-state index in [2.05, 4.69) is 10.6 Å². The van der Waals surface area contributed by atoms with Crippen molar-refractivity contribution in [2.24, 2.45) is 0 Å². The predicted molar refractivity (Wildman–Crippen MR) is 121 cm³/mol. The average Bonchev–Trinajstić information content (AvgIpc) is 3.20. The lowest BCUT2D eigenvalue weighted by molar-refractivity contribution is -0.0443. The molecule has 1 heterocycles. The molecule has 176 valence electrons. The normalized spacial score (nSPS) is 20.0. The number of nitrogens with one attached hydrogen (secondary N) is 2. The molecule has 1 aliphatic heterocycles. The number of para-hydroxylation sites is 1. The van der Waals surface area contributed by atoms with Crippen molar-refractivity contribution in [3.63, 3.8) is 0 Å². The lowest BCUT2D eigenvalue weighted by Gasteiger charge is -2.26. The Hall–Kier alpha value is -2.47. The molecule has 3 atom stereocenters. The summed E-state index contributed by atoms with van der Waals surface area (Å²) in [5.41, 5.74) is -1.36. The highest BCUT2D eigenvalue weighted by atomic mass is 32.2. The third kappa shape index (κ3) is 4.38. The molecule has 10 nitrogen and oxygen atoms in total. The summed E-state index contributed by atoms with van der Waals surface area (Å²) in [5.74, 6) is -0.581. The molecule has 0 spiro atoms. The minimum atomic E-state index is -4.13. The smallest absolute Gasteiger partial charge is 0.268 e. The zero-order valence-electron chi connectivity index (χ0n) is 18.5. The van der Waals surface area contributed by atoms with Gasteiger partial charge in [-0.05, 0) is 45.2 Å². The zero-order valence-corrected chi connectivity index (χ0v) is 19.4. The molecule has 2 aromatic carbocycles. The van der Waals surface area contributed by atoms with Crippen LogP contribution in [0.5, 0.6) is 5.75 Å².